The number of non-ortho nitro benzene ring substituents is 1. The fourth-order valence-corrected chi connectivity index (χ4v) is 5.08. The zero-order valence-electron chi connectivity index (χ0n) is 19.3. The Morgan fingerprint density at radius 1 is 1.11 bits per heavy atom. The minimum Gasteiger partial charge on any atom is -0.342 e. The lowest BCUT2D eigenvalue weighted by molar-refractivity contribution is -0.384. The molecule has 1 heterocycles. The Morgan fingerprint density at radius 2 is 1.89 bits per heavy atom. The van der Waals surface area contributed by atoms with Crippen molar-refractivity contribution in [2.24, 2.45) is 0 Å². The van der Waals surface area contributed by atoms with Crippen LogP contribution in [0.3, 0.4) is 0 Å². The quantitative estimate of drug-likeness (QED) is 0.153. The van der Waals surface area contributed by atoms with Crippen molar-refractivity contribution in [3.63, 3.8) is 0 Å². The van der Waals surface area contributed by atoms with Crippen LogP contribution in [0.2, 0.25) is 10.0 Å². The van der Waals surface area contributed by atoms with Crippen molar-refractivity contribution in [2.75, 3.05) is 0 Å². The molecule has 1 amide bonds. The SMILES string of the molecule is Cc1ccccc1CSc1nnc(C(C)NC(=O)c2cccc([N+](=O)[O-])c2)n1-c1ccc(Cl)cc1Cl. The average molecular weight is 542 g/mol. The van der Waals surface area contributed by atoms with Crippen LogP contribution in [-0.2, 0) is 5.75 Å². The van der Waals surface area contributed by atoms with Crippen LogP contribution in [0.15, 0.2) is 71.9 Å². The molecule has 8 nitrogen and oxygen atoms in total. The number of nitrogens with one attached hydrogen (secondary N) is 1. The van der Waals surface area contributed by atoms with Crippen LogP contribution in [0.1, 0.15) is 40.3 Å². The molecule has 1 aromatic heterocycles. The highest BCUT2D eigenvalue weighted by Crippen LogP contribution is 2.32. The summed E-state index contributed by atoms with van der Waals surface area (Å²) >= 11 is 14.1. The second kappa shape index (κ2) is 11.1. The fraction of sp³-hybridized carbons (Fsp3) is 0.160. The molecule has 0 aliphatic carbocycles. The number of aromatic nitrogens is 3. The molecule has 0 bridgehead atoms. The van der Waals surface area contributed by atoms with Crippen molar-refractivity contribution < 1.29 is 9.72 Å². The van der Waals surface area contributed by atoms with E-state index in [1.54, 1.807) is 29.7 Å². The third-order valence-corrected chi connectivity index (χ3v) is 7.00. The summed E-state index contributed by atoms with van der Waals surface area (Å²) in [5, 5.41) is 24.2. The van der Waals surface area contributed by atoms with Gasteiger partial charge in [0.2, 0.25) is 0 Å². The molecule has 0 fully saturated rings. The topological polar surface area (TPSA) is 103 Å². The molecule has 4 rings (SSSR count). The van der Waals surface area contributed by atoms with Crippen molar-refractivity contribution in [1.29, 1.82) is 0 Å². The number of carbonyl (C=O) groups is 1. The number of amides is 1. The van der Waals surface area contributed by atoms with E-state index in [1.165, 1.54) is 41.6 Å². The number of halogens is 2. The summed E-state index contributed by atoms with van der Waals surface area (Å²) < 4.78 is 1.79. The monoisotopic (exact) mass is 541 g/mol. The molecule has 0 aliphatic rings. The Kier molecular flexibility index (Phi) is 7.93. The molecule has 1 atom stereocenters. The zero-order valence-corrected chi connectivity index (χ0v) is 21.6. The maximum Gasteiger partial charge on any atom is 0.270 e. The number of thioether (sulfide) groups is 1. The van der Waals surface area contributed by atoms with E-state index in [2.05, 4.69) is 21.6 Å². The minimum atomic E-state index is -0.594. The first-order valence-electron chi connectivity index (χ1n) is 10.9. The summed E-state index contributed by atoms with van der Waals surface area (Å²) in [6.45, 7) is 3.81. The van der Waals surface area contributed by atoms with Crippen LogP contribution in [0.5, 0.6) is 0 Å². The Bertz CT molecular complexity index is 1440. The lowest BCUT2D eigenvalue weighted by atomic mass is 10.1. The van der Waals surface area contributed by atoms with Crippen molar-refractivity contribution in [3.05, 3.63) is 109 Å². The van der Waals surface area contributed by atoms with Gasteiger partial charge in [0.15, 0.2) is 11.0 Å². The highest BCUT2D eigenvalue weighted by atomic mass is 35.5. The molecule has 0 saturated heterocycles. The van der Waals surface area contributed by atoms with Crippen LogP contribution in [0.4, 0.5) is 5.69 Å². The number of carbonyl (C=O) groups excluding carboxylic acids is 1. The first-order valence-corrected chi connectivity index (χ1v) is 12.6. The van der Waals surface area contributed by atoms with Gasteiger partial charge in [0, 0.05) is 28.5 Å². The number of hydrogen-bond acceptors (Lipinski definition) is 6. The molecule has 1 N–H and O–H groups in total. The van der Waals surface area contributed by atoms with Gasteiger partial charge >= 0.3 is 0 Å². The molecule has 0 radical (unpaired) electrons. The van der Waals surface area contributed by atoms with Gasteiger partial charge in [-0.25, -0.2) is 0 Å². The summed E-state index contributed by atoms with van der Waals surface area (Å²) in [5.74, 6) is 0.632. The first kappa shape index (κ1) is 25.7. The van der Waals surface area contributed by atoms with E-state index in [-0.39, 0.29) is 11.3 Å². The molecule has 4 aromatic rings. The number of nitrogens with zero attached hydrogens (tertiary/aromatic N) is 4. The highest BCUT2D eigenvalue weighted by molar-refractivity contribution is 7.98. The van der Waals surface area contributed by atoms with Gasteiger partial charge in [-0.15, -0.1) is 10.2 Å². The summed E-state index contributed by atoms with van der Waals surface area (Å²) in [5.41, 5.74) is 2.94. The summed E-state index contributed by atoms with van der Waals surface area (Å²) in [6, 6.07) is 18.1. The molecule has 0 saturated carbocycles. The number of nitro benzene ring substituents is 1. The number of benzene rings is 3. The predicted octanol–water partition coefficient (Wildman–Crippen LogP) is 6.57. The normalized spacial score (nSPS) is 11.8. The van der Waals surface area contributed by atoms with Crippen molar-refractivity contribution in [2.45, 2.75) is 30.8 Å². The predicted molar refractivity (Wildman–Crippen MR) is 141 cm³/mol. The van der Waals surface area contributed by atoms with E-state index in [0.29, 0.717) is 32.5 Å². The number of aryl methyl sites for hydroxylation is 1. The van der Waals surface area contributed by atoms with Gasteiger partial charge in [-0.1, -0.05) is 65.3 Å². The molecule has 0 spiro atoms. The van der Waals surface area contributed by atoms with Crippen molar-refractivity contribution >= 4 is 46.6 Å². The lowest BCUT2D eigenvalue weighted by Crippen LogP contribution is -2.28. The van der Waals surface area contributed by atoms with E-state index < -0.39 is 16.9 Å². The van der Waals surface area contributed by atoms with Gasteiger partial charge in [0.25, 0.3) is 11.6 Å². The standard InChI is InChI=1S/C25H21Cl2N5O3S/c1-15-6-3-4-7-18(15)14-36-25-30-29-23(31(25)22-11-10-19(26)13-21(22)27)16(2)28-24(33)17-8-5-9-20(12-17)32(34)35/h3-13,16H,14H2,1-2H3,(H,28,33). The molecule has 184 valence electrons. The van der Waals surface area contributed by atoms with Gasteiger partial charge in [-0.3, -0.25) is 19.5 Å². The molecule has 1 unspecified atom stereocenters. The Morgan fingerprint density at radius 3 is 2.61 bits per heavy atom. The van der Waals surface area contributed by atoms with Gasteiger partial charge in [-0.05, 0) is 49.2 Å². The average Bonchev–Trinajstić information content (AvgIpc) is 3.27. The number of rotatable bonds is 8. The van der Waals surface area contributed by atoms with Gasteiger partial charge < -0.3 is 5.32 Å². The lowest BCUT2D eigenvalue weighted by Gasteiger charge is -2.17. The molecular weight excluding hydrogens is 521 g/mol. The summed E-state index contributed by atoms with van der Waals surface area (Å²) in [4.78, 5) is 23.4. The number of hydrogen-bond donors (Lipinski definition) is 1. The number of nitro groups is 1. The smallest absolute Gasteiger partial charge is 0.270 e. The van der Waals surface area contributed by atoms with Crippen molar-refractivity contribution in [3.8, 4) is 5.69 Å². The fourth-order valence-electron chi connectivity index (χ4n) is 3.56. The van der Waals surface area contributed by atoms with Crippen LogP contribution in [0, 0.1) is 17.0 Å². The second-order valence-electron chi connectivity index (χ2n) is 7.99. The molecule has 0 aliphatic heterocycles. The Labute approximate surface area is 221 Å². The second-order valence-corrected chi connectivity index (χ2v) is 9.78. The van der Waals surface area contributed by atoms with E-state index >= 15 is 0 Å². The Balaban J connectivity index is 1.66. The van der Waals surface area contributed by atoms with Crippen molar-refractivity contribution in [1.82, 2.24) is 20.1 Å². The summed E-state index contributed by atoms with van der Waals surface area (Å²) in [7, 11) is 0. The maximum absolute atomic E-state index is 12.9. The highest BCUT2D eigenvalue weighted by Gasteiger charge is 2.23. The molecule has 11 heteroatoms. The first-order chi connectivity index (χ1) is 17.2. The van der Waals surface area contributed by atoms with Crippen LogP contribution >= 0.6 is 35.0 Å². The van der Waals surface area contributed by atoms with Gasteiger partial charge in [-0.2, -0.15) is 0 Å². The molecule has 3 aromatic carbocycles. The van der Waals surface area contributed by atoms with E-state index in [1.807, 2.05) is 25.1 Å². The van der Waals surface area contributed by atoms with Crippen LogP contribution < -0.4 is 5.32 Å². The van der Waals surface area contributed by atoms with Gasteiger partial charge in [0.05, 0.1) is 21.7 Å². The van der Waals surface area contributed by atoms with Crippen LogP contribution in [0.25, 0.3) is 5.69 Å². The molecule has 36 heavy (non-hydrogen) atoms. The third kappa shape index (κ3) is 5.70. The maximum atomic E-state index is 12.9. The zero-order chi connectivity index (χ0) is 25.8. The van der Waals surface area contributed by atoms with E-state index in [0.717, 1.165) is 5.56 Å². The van der Waals surface area contributed by atoms with E-state index in [9.17, 15) is 14.9 Å². The minimum absolute atomic E-state index is 0.165. The van der Waals surface area contributed by atoms with Gasteiger partial charge in [0.1, 0.15) is 0 Å². The van der Waals surface area contributed by atoms with Crippen LogP contribution in [-0.4, -0.2) is 25.6 Å². The Hall–Kier alpha value is -3.40. The third-order valence-electron chi connectivity index (χ3n) is 5.48. The summed E-state index contributed by atoms with van der Waals surface area (Å²) in [6.07, 6.45) is 0. The van der Waals surface area contributed by atoms with E-state index in [4.69, 9.17) is 23.2 Å². The largest absolute Gasteiger partial charge is 0.342 e. The molecular formula is C25H21Cl2N5O3S.